The number of benzene rings is 1. The Morgan fingerprint density at radius 2 is 2.17 bits per heavy atom. The zero-order chi connectivity index (χ0) is 13.0. The number of hydrogen-bond acceptors (Lipinski definition) is 4. The van der Waals surface area contributed by atoms with Gasteiger partial charge in [-0.2, -0.15) is 5.10 Å². The van der Waals surface area contributed by atoms with Crippen LogP contribution in [0.2, 0.25) is 0 Å². The van der Waals surface area contributed by atoms with Crippen LogP contribution in [0.25, 0.3) is 0 Å². The number of aromatic nitrogens is 2. The molecule has 0 aliphatic carbocycles. The largest absolute Gasteiger partial charge is 0.491 e. The molecule has 0 atom stereocenters. The fourth-order valence-electron chi connectivity index (χ4n) is 1.55. The molecule has 1 aromatic carbocycles. The van der Waals surface area contributed by atoms with Crippen molar-refractivity contribution in [2.24, 2.45) is 5.73 Å². The Hall–Kier alpha value is -2.50. The molecule has 0 unspecified atom stereocenters. The third-order valence-electron chi connectivity index (χ3n) is 2.38. The van der Waals surface area contributed by atoms with Crippen LogP contribution in [0.5, 0.6) is 5.75 Å². The van der Waals surface area contributed by atoms with Gasteiger partial charge in [0, 0.05) is 6.20 Å². The molecule has 0 saturated carbocycles. The van der Waals surface area contributed by atoms with Crippen LogP contribution in [0.3, 0.4) is 0 Å². The molecule has 0 fully saturated rings. The van der Waals surface area contributed by atoms with Crippen LogP contribution < -0.4 is 16.2 Å². The van der Waals surface area contributed by atoms with Gasteiger partial charge in [0.1, 0.15) is 12.4 Å². The van der Waals surface area contributed by atoms with Crippen LogP contribution >= 0.6 is 0 Å². The first-order chi connectivity index (χ1) is 8.66. The van der Waals surface area contributed by atoms with Gasteiger partial charge in [0.2, 0.25) is 0 Å². The summed E-state index contributed by atoms with van der Waals surface area (Å²) in [5.41, 5.74) is 11.8. The number of carbonyl (C=O) groups excluding carboxylic acids is 1. The molecular weight excluding hydrogens is 232 g/mol. The first-order valence-electron chi connectivity index (χ1n) is 5.46. The molecule has 6 nitrogen and oxygen atoms in total. The summed E-state index contributed by atoms with van der Waals surface area (Å²) in [6.45, 7) is 0.926. The van der Waals surface area contributed by atoms with E-state index in [9.17, 15) is 4.79 Å². The van der Waals surface area contributed by atoms with E-state index in [0.717, 1.165) is 0 Å². The Bertz CT molecular complexity index is 551. The summed E-state index contributed by atoms with van der Waals surface area (Å²) in [4.78, 5) is 11.2. The minimum Gasteiger partial charge on any atom is -0.491 e. The molecule has 18 heavy (non-hydrogen) atoms. The van der Waals surface area contributed by atoms with Gasteiger partial charge in [0.05, 0.1) is 24.0 Å². The number of nitrogen functional groups attached to an aromatic ring is 1. The summed E-state index contributed by atoms with van der Waals surface area (Å²) < 4.78 is 7.18. The molecule has 2 aromatic rings. The number of carbonyl (C=O) groups is 1. The molecule has 0 aliphatic heterocycles. The number of ether oxygens (including phenoxy) is 1. The van der Waals surface area contributed by atoms with E-state index in [1.807, 2.05) is 0 Å². The number of hydrogen-bond donors (Lipinski definition) is 2. The first kappa shape index (κ1) is 12.0. The molecule has 6 heteroatoms. The normalized spacial score (nSPS) is 10.2. The predicted molar refractivity (Wildman–Crippen MR) is 67.1 cm³/mol. The molecule has 94 valence electrons. The molecule has 0 spiro atoms. The van der Waals surface area contributed by atoms with Crippen LogP contribution in [-0.2, 0) is 6.54 Å². The minimum absolute atomic E-state index is 0.373. The van der Waals surface area contributed by atoms with Crippen LogP contribution in [-0.4, -0.2) is 22.3 Å². The summed E-state index contributed by atoms with van der Waals surface area (Å²) in [5, 5.41) is 4.02. The lowest BCUT2D eigenvalue weighted by molar-refractivity contribution is 0.0996. The van der Waals surface area contributed by atoms with Crippen molar-refractivity contribution in [2.75, 3.05) is 12.3 Å². The maximum Gasteiger partial charge on any atom is 0.252 e. The van der Waals surface area contributed by atoms with Gasteiger partial charge in [0.15, 0.2) is 0 Å². The molecule has 1 amide bonds. The van der Waals surface area contributed by atoms with Crippen molar-refractivity contribution >= 4 is 11.6 Å². The van der Waals surface area contributed by atoms with Crippen LogP contribution in [0, 0.1) is 0 Å². The summed E-state index contributed by atoms with van der Waals surface area (Å²) in [6, 6.07) is 6.86. The van der Waals surface area contributed by atoms with E-state index in [-0.39, 0.29) is 0 Å². The maximum atomic E-state index is 11.2. The first-order valence-corrected chi connectivity index (χ1v) is 5.46. The average Bonchev–Trinajstić information content (AvgIpc) is 2.75. The second-order valence-corrected chi connectivity index (χ2v) is 3.75. The molecule has 0 saturated heterocycles. The number of amides is 1. The van der Waals surface area contributed by atoms with E-state index >= 15 is 0 Å². The van der Waals surface area contributed by atoms with Crippen molar-refractivity contribution in [2.45, 2.75) is 6.54 Å². The molecule has 0 aliphatic rings. The Morgan fingerprint density at radius 1 is 1.39 bits per heavy atom. The SMILES string of the molecule is NC(=O)c1ccccc1OCCn1cc(N)cn1. The number of primary amides is 1. The molecule has 1 aromatic heterocycles. The molecule has 0 radical (unpaired) electrons. The lowest BCUT2D eigenvalue weighted by atomic mass is 10.2. The zero-order valence-electron chi connectivity index (χ0n) is 9.74. The van der Waals surface area contributed by atoms with Gasteiger partial charge in [-0.25, -0.2) is 0 Å². The smallest absolute Gasteiger partial charge is 0.252 e. The average molecular weight is 246 g/mol. The second kappa shape index (κ2) is 5.22. The lowest BCUT2D eigenvalue weighted by Gasteiger charge is -2.09. The number of rotatable bonds is 5. The van der Waals surface area contributed by atoms with Crippen LogP contribution in [0.4, 0.5) is 5.69 Å². The third kappa shape index (κ3) is 2.79. The van der Waals surface area contributed by atoms with Gasteiger partial charge in [-0.3, -0.25) is 9.48 Å². The highest BCUT2D eigenvalue weighted by Crippen LogP contribution is 2.17. The summed E-state index contributed by atoms with van der Waals surface area (Å²) >= 11 is 0. The van der Waals surface area contributed by atoms with Gasteiger partial charge in [0.25, 0.3) is 5.91 Å². The third-order valence-corrected chi connectivity index (χ3v) is 2.38. The van der Waals surface area contributed by atoms with Crippen molar-refractivity contribution < 1.29 is 9.53 Å². The van der Waals surface area contributed by atoms with Crippen molar-refractivity contribution in [1.29, 1.82) is 0 Å². The Morgan fingerprint density at radius 3 is 2.83 bits per heavy atom. The fourth-order valence-corrected chi connectivity index (χ4v) is 1.55. The standard InChI is InChI=1S/C12H14N4O2/c13-9-7-15-16(8-9)5-6-18-11-4-2-1-3-10(11)12(14)17/h1-4,7-8H,5-6,13H2,(H2,14,17). The van der Waals surface area contributed by atoms with Crippen molar-refractivity contribution in [3.63, 3.8) is 0 Å². The van der Waals surface area contributed by atoms with Crippen LogP contribution in [0.15, 0.2) is 36.7 Å². The highest BCUT2D eigenvalue weighted by Gasteiger charge is 2.07. The second-order valence-electron chi connectivity index (χ2n) is 3.75. The molecule has 2 rings (SSSR count). The molecule has 0 bridgehead atoms. The van der Waals surface area contributed by atoms with E-state index in [4.69, 9.17) is 16.2 Å². The topological polar surface area (TPSA) is 96.2 Å². The van der Waals surface area contributed by atoms with Gasteiger partial charge >= 0.3 is 0 Å². The molecular formula is C12H14N4O2. The van der Waals surface area contributed by atoms with E-state index in [2.05, 4.69) is 5.10 Å². The quantitative estimate of drug-likeness (QED) is 0.809. The number of nitrogens with zero attached hydrogens (tertiary/aromatic N) is 2. The van der Waals surface area contributed by atoms with Gasteiger partial charge < -0.3 is 16.2 Å². The van der Waals surface area contributed by atoms with Gasteiger partial charge in [-0.1, -0.05) is 12.1 Å². The summed E-state index contributed by atoms with van der Waals surface area (Å²) in [6.07, 6.45) is 3.28. The predicted octanol–water partition coefficient (Wildman–Crippen LogP) is 0.643. The molecule has 1 heterocycles. The molecule has 4 N–H and O–H groups in total. The number of para-hydroxylation sites is 1. The van der Waals surface area contributed by atoms with Crippen molar-refractivity contribution in [3.05, 3.63) is 42.2 Å². The van der Waals surface area contributed by atoms with E-state index < -0.39 is 5.91 Å². The maximum absolute atomic E-state index is 11.2. The highest BCUT2D eigenvalue weighted by molar-refractivity contribution is 5.95. The fraction of sp³-hybridized carbons (Fsp3) is 0.167. The number of anilines is 1. The van der Waals surface area contributed by atoms with E-state index in [1.165, 1.54) is 0 Å². The Kier molecular flexibility index (Phi) is 3.47. The highest BCUT2D eigenvalue weighted by atomic mass is 16.5. The van der Waals surface area contributed by atoms with E-state index in [0.29, 0.717) is 30.2 Å². The Balaban J connectivity index is 1.96. The summed E-state index contributed by atoms with van der Waals surface area (Å²) in [5.74, 6) is -0.0286. The Labute approximate surface area is 104 Å². The zero-order valence-corrected chi connectivity index (χ0v) is 9.74. The van der Waals surface area contributed by atoms with Crippen molar-refractivity contribution in [3.8, 4) is 5.75 Å². The van der Waals surface area contributed by atoms with Gasteiger partial charge in [-0.05, 0) is 12.1 Å². The van der Waals surface area contributed by atoms with Crippen LogP contribution in [0.1, 0.15) is 10.4 Å². The number of nitrogens with two attached hydrogens (primary N) is 2. The van der Waals surface area contributed by atoms with Gasteiger partial charge in [-0.15, -0.1) is 0 Å². The monoisotopic (exact) mass is 246 g/mol. The van der Waals surface area contributed by atoms with Crippen molar-refractivity contribution in [1.82, 2.24) is 9.78 Å². The lowest BCUT2D eigenvalue weighted by Crippen LogP contribution is -2.15. The summed E-state index contributed by atoms with van der Waals surface area (Å²) in [7, 11) is 0. The minimum atomic E-state index is -0.506. The van der Waals surface area contributed by atoms with E-state index in [1.54, 1.807) is 41.3 Å².